The smallest absolute Gasteiger partial charge is 0.241 e. The maximum Gasteiger partial charge on any atom is 0.241 e. The van der Waals surface area contributed by atoms with Crippen LogP contribution in [-0.4, -0.2) is 33.2 Å². The molecular weight excluding hydrogens is 431 g/mol. The number of rotatable bonds is 8. The topological polar surface area (TPSA) is 79.2 Å². The fraction of sp³-hybridized carbons (Fsp3) is 0.259. The van der Waals surface area contributed by atoms with Gasteiger partial charge in [-0.25, -0.2) is 9.37 Å². The lowest BCUT2D eigenvalue weighted by molar-refractivity contribution is -0.117. The minimum atomic E-state index is -0.496. The van der Waals surface area contributed by atoms with Crippen molar-refractivity contribution in [2.24, 2.45) is 7.05 Å². The molecule has 6 nitrogen and oxygen atoms in total. The summed E-state index contributed by atoms with van der Waals surface area (Å²) in [6, 6.07) is 16.8. The number of benzene rings is 3. The number of aryl methyl sites for hydroxylation is 1. The molecule has 2 atom stereocenters. The Kier molecular flexibility index (Phi) is 6.65. The molecule has 0 saturated heterocycles. The minimum absolute atomic E-state index is 0.146. The highest BCUT2D eigenvalue weighted by molar-refractivity contribution is 6.04. The van der Waals surface area contributed by atoms with Gasteiger partial charge in [-0.1, -0.05) is 30.3 Å². The van der Waals surface area contributed by atoms with E-state index in [2.05, 4.69) is 22.5 Å². The van der Waals surface area contributed by atoms with Gasteiger partial charge in [-0.2, -0.15) is 0 Å². The molecule has 0 aliphatic heterocycles. The predicted molar refractivity (Wildman–Crippen MR) is 132 cm³/mol. The van der Waals surface area contributed by atoms with Crippen molar-refractivity contribution in [3.8, 4) is 5.75 Å². The summed E-state index contributed by atoms with van der Waals surface area (Å²) in [6.45, 7) is 4.40. The summed E-state index contributed by atoms with van der Waals surface area (Å²) in [5.41, 5.74) is 1.97. The fourth-order valence-corrected chi connectivity index (χ4v) is 4.38. The number of phenolic OH excluding ortho intramolecular Hbond substituents is 1. The SMILES string of the molecule is CC(NCCC(C)(c1cccc(F)c1)c1cncn1C)C(=O)Nc1cccc2ccc(O)cc12. The van der Waals surface area contributed by atoms with Crippen LogP contribution in [0.5, 0.6) is 5.75 Å². The average molecular weight is 461 g/mol. The number of hydrogen-bond donors (Lipinski definition) is 3. The molecule has 4 aromatic rings. The summed E-state index contributed by atoms with van der Waals surface area (Å²) >= 11 is 0. The molecule has 176 valence electrons. The van der Waals surface area contributed by atoms with Crippen LogP contribution in [-0.2, 0) is 17.3 Å². The normalized spacial score (nSPS) is 14.0. The van der Waals surface area contributed by atoms with Crippen LogP contribution in [0.3, 0.4) is 0 Å². The van der Waals surface area contributed by atoms with Crippen molar-refractivity contribution in [1.82, 2.24) is 14.9 Å². The second-order valence-corrected chi connectivity index (χ2v) is 8.86. The molecule has 0 spiro atoms. The Balaban J connectivity index is 1.46. The first-order chi connectivity index (χ1) is 16.3. The Labute approximate surface area is 198 Å². The second-order valence-electron chi connectivity index (χ2n) is 8.86. The molecule has 0 bridgehead atoms. The van der Waals surface area contributed by atoms with Gasteiger partial charge in [0.1, 0.15) is 11.6 Å². The van der Waals surface area contributed by atoms with Crippen molar-refractivity contribution in [3.05, 3.63) is 90.3 Å². The maximum atomic E-state index is 14.0. The van der Waals surface area contributed by atoms with Gasteiger partial charge in [0.2, 0.25) is 5.91 Å². The monoisotopic (exact) mass is 460 g/mol. The molecule has 4 rings (SSSR count). The lowest BCUT2D eigenvalue weighted by Gasteiger charge is -2.31. The van der Waals surface area contributed by atoms with Gasteiger partial charge >= 0.3 is 0 Å². The van der Waals surface area contributed by atoms with Crippen LogP contribution in [0.1, 0.15) is 31.5 Å². The van der Waals surface area contributed by atoms with E-state index >= 15 is 0 Å². The van der Waals surface area contributed by atoms with Gasteiger partial charge in [0, 0.05) is 35.4 Å². The van der Waals surface area contributed by atoms with Gasteiger partial charge in [0.05, 0.1) is 12.4 Å². The van der Waals surface area contributed by atoms with Gasteiger partial charge in [-0.3, -0.25) is 4.79 Å². The van der Waals surface area contributed by atoms with Crippen LogP contribution in [0.4, 0.5) is 10.1 Å². The van der Waals surface area contributed by atoms with Crippen LogP contribution in [0.25, 0.3) is 10.8 Å². The number of aromatic nitrogens is 2. The standard InChI is InChI=1S/C27H29FN4O2/c1-18(26(34)31-24-9-4-6-19-10-11-22(33)15-23(19)24)30-13-12-27(2,25-16-29-17-32(25)3)20-7-5-8-21(28)14-20/h4-11,14-18,30,33H,12-13H2,1-3H3,(H,31,34). The number of aromatic hydroxyl groups is 1. The molecule has 0 aliphatic rings. The number of carbonyl (C=O) groups is 1. The van der Waals surface area contributed by atoms with E-state index in [1.165, 1.54) is 6.07 Å². The number of imidazole rings is 1. The molecule has 2 unspecified atom stereocenters. The Hall–Kier alpha value is -3.71. The maximum absolute atomic E-state index is 14.0. The molecule has 0 aliphatic carbocycles. The van der Waals surface area contributed by atoms with Crippen LogP contribution in [0, 0.1) is 5.82 Å². The summed E-state index contributed by atoms with van der Waals surface area (Å²) in [4.78, 5) is 17.1. The first kappa shape index (κ1) is 23.4. The van der Waals surface area contributed by atoms with Crippen molar-refractivity contribution in [3.63, 3.8) is 0 Å². The number of anilines is 1. The van der Waals surface area contributed by atoms with Crippen LogP contribution >= 0.6 is 0 Å². The highest BCUT2D eigenvalue weighted by atomic mass is 19.1. The van der Waals surface area contributed by atoms with E-state index in [1.807, 2.05) is 48.9 Å². The van der Waals surface area contributed by atoms with Gasteiger partial charge < -0.3 is 20.3 Å². The molecule has 0 fully saturated rings. The molecular formula is C27H29FN4O2. The summed E-state index contributed by atoms with van der Waals surface area (Å²) in [6.07, 6.45) is 4.17. The van der Waals surface area contributed by atoms with Crippen molar-refractivity contribution >= 4 is 22.4 Å². The third kappa shape index (κ3) is 4.79. The van der Waals surface area contributed by atoms with E-state index in [9.17, 15) is 14.3 Å². The van der Waals surface area contributed by atoms with Crippen LogP contribution in [0.2, 0.25) is 0 Å². The van der Waals surface area contributed by atoms with E-state index in [4.69, 9.17) is 0 Å². The number of halogens is 1. The van der Waals surface area contributed by atoms with Crippen LogP contribution in [0.15, 0.2) is 73.2 Å². The molecule has 7 heteroatoms. The zero-order chi connectivity index (χ0) is 24.3. The largest absolute Gasteiger partial charge is 0.508 e. The predicted octanol–water partition coefficient (Wildman–Crippen LogP) is 4.73. The van der Waals surface area contributed by atoms with Gasteiger partial charge in [-0.15, -0.1) is 0 Å². The number of nitrogens with zero attached hydrogens (tertiary/aromatic N) is 2. The molecule has 0 saturated carbocycles. The fourth-order valence-electron chi connectivity index (χ4n) is 4.38. The van der Waals surface area contributed by atoms with Gasteiger partial charge in [0.15, 0.2) is 0 Å². The van der Waals surface area contributed by atoms with Crippen LogP contribution < -0.4 is 10.6 Å². The molecule has 0 radical (unpaired) electrons. The Morgan fingerprint density at radius 3 is 2.71 bits per heavy atom. The van der Waals surface area contributed by atoms with E-state index < -0.39 is 11.5 Å². The van der Waals surface area contributed by atoms with Crippen molar-refractivity contribution in [1.29, 1.82) is 0 Å². The third-order valence-corrected chi connectivity index (χ3v) is 6.44. The highest BCUT2D eigenvalue weighted by Crippen LogP contribution is 2.35. The summed E-state index contributed by atoms with van der Waals surface area (Å²) < 4.78 is 16.0. The summed E-state index contributed by atoms with van der Waals surface area (Å²) in [7, 11) is 1.92. The Bertz CT molecular complexity index is 1320. The number of nitrogens with one attached hydrogen (secondary N) is 2. The van der Waals surface area contributed by atoms with Crippen molar-refractivity contribution in [2.75, 3.05) is 11.9 Å². The summed E-state index contributed by atoms with van der Waals surface area (Å²) in [5, 5.41) is 17.8. The zero-order valence-electron chi connectivity index (χ0n) is 19.5. The molecule has 1 heterocycles. The number of fused-ring (bicyclic) bond motifs is 1. The Morgan fingerprint density at radius 1 is 1.18 bits per heavy atom. The number of amides is 1. The van der Waals surface area contributed by atoms with Gasteiger partial charge in [0.25, 0.3) is 0 Å². The number of hydrogen-bond acceptors (Lipinski definition) is 4. The first-order valence-electron chi connectivity index (χ1n) is 11.3. The third-order valence-electron chi connectivity index (χ3n) is 6.44. The van der Waals surface area contributed by atoms with E-state index in [0.29, 0.717) is 18.7 Å². The highest BCUT2D eigenvalue weighted by Gasteiger charge is 2.32. The molecule has 1 aromatic heterocycles. The molecule has 1 amide bonds. The molecule has 34 heavy (non-hydrogen) atoms. The lowest BCUT2D eigenvalue weighted by atomic mass is 9.76. The van der Waals surface area contributed by atoms with Crippen molar-refractivity contribution in [2.45, 2.75) is 31.7 Å². The van der Waals surface area contributed by atoms with E-state index in [1.54, 1.807) is 36.8 Å². The Morgan fingerprint density at radius 2 is 1.97 bits per heavy atom. The van der Waals surface area contributed by atoms with E-state index in [0.717, 1.165) is 22.0 Å². The average Bonchev–Trinajstić information content (AvgIpc) is 3.25. The first-order valence-corrected chi connectivity index (χ1v) is 11.3. The van der Waals surface area contributed by atoms with Crippen molar-refractivity contribution < 1.29 is 14.3 Å². The minimum Gasteiger partial charge on any atom is -0.508 e. The zero-order valence-corrected chi connectivity index (χ0v) is 19.5. The lowest BCUT2D eigenvalue weighted by Crippen LogP contribution is -2.41. The molecule has 3 N–H and O–H groups in total. The summed E-state index contributed by atoms with van der Waals surface area (Å²) in [5.74, 6) is -0.316. The number of carbonyl (C=O) groups excluding carboxylic acids is 1. The second kappa shape index (κ2) is 9.65. The van der Waals surface area contributed by atoms with E-state index in [-0.39, 0.29) is 17.5 Å². The van der Waals surface area contributed by atoms with Gasteiger partial charge in [-0.05, 0) is 68.1 Å². The number of phenols is 1. The molecule has 3 aromatic carbocycles. The quantitative estimate of drug-likeness (QED) is 0.355.